The van der Waals surface area contributed by atoms with Crippen molar-refractivity contribution in [2.24, 2.45) is 5.84 Å². The second-order valence-corrected chi connectivity index (χ2v) is 4.30. The number of aromatic nitrogens is 1. The van der Waals surface area contributed by atoms with Crippen LogP contribution in [0.1, 0.15) is 11.1 Å². The first kappa shape index (κ1) is 13.8. The SMILES string of the molecule is Cc1ccc(CNc2nc(NN)ccc2[N+](=O)[O-])cc1. The standard InChI is InChI=1S/C13H15N5O2/c1-9-2-4-10(5-3-9)8-15-13-11(18(19)20)6-7-12(16-13)17-14/h2-7H,8,14H2,1H3,(H2,15,16,17). The molecule has 0 unspecified atom stereocenters. The maximum Gasteiger partial charge on any atom is 0.311 e. The molecule has 0 aliphatic heterocycles. The fraction of sp³-hybridized carbons (Fsp3) is 0.154. The molecule has 0 spiro atoms. The second kappa shape index (κ2) is 5.98. The van der Waals surface area contributed by atoms with Crippen molar-refractivity contribution < 1.29 is 4.92 Å². The lowest BCUT2D eigenvalue weighted by Crippen LogP contribution is -2.11. The summed E-state index contributed by atoms with van der Waals surface area (Å²) < 4.78 is 0. The molecule has 0 atom stereocenters. The van der Waals surface area contributed by atoms with Gasteiger partial charge in [-0.3, -0.25) is 10.1 Å². The number of pyridine rings is 1. The van der Waals surface area contributed by atoms with Crippen LogP contribution in [0.2, 0.25) is 0 Å². The van der Waals surface area contributed by atoms with Crippen molar-refractivity contribution >= 4 is 17.3 Å². The average molecular weight is 273 g/mol. The molecule has 0 saturated heterocycles. The van der Waals surface area contributed by atoms with Gasteiger partial charge >= 0.3 is 5.69 Å². The van der Waals surface area contributed by atoms with Gasteiger partial charge in [0, 0.05) is 12.6 Å². The predicted molar refractivity (Wildman–Crippen MR) is 77.2 cm³/mol. The fourth-order valence-corrected chi connectivity index (χ4v) is 1.70. The molecule has 4 N–H and O–H groups in total. The Labute approximate surface area is 116 Å². The average Bonchev–Trinajstić information content (AvgIpc) is 2.46. The summed E-state index contributed by atoms with van der Waals surface area (Å²) in [6.07, 6.45) is 0. The molecule has 20 heavy (non-hydrogen) atoms. The Bertz CT molecular complexity index is 613. The quantitative estimate of drug-likeness (QED) is 0.438. The van der Waals surface area contributed by atoms with Crippen molar-refractivity contribution in [2.75, 3.05) is 10.7 Å². The number of hydrogen-bond acceptors (Lipinski definition) is 6. The van der Waals surface area contributed by atoms with E-state index in [4.69, 9.17) is 5.84 Å². The Balaban J connectivity index is 2.18. The first-order valence-electron chi connectivity index (χ1n) is 6.01. The smallest absolute Gasteiger partial charge is 0.311 e. The summed E-state index contributed by atoms with van der Waals surface area (Å²) in [7, 11) is 0. The highest BCUT2D eigenvalue weighted by Gasteiger charge is 2.15. The van der Waals surface area contributed by atoms with Gasteiger partial charge in [-0.2, -0.15) is 0 Å². The molecule has 7 nitrogen and oxygen atoms in total. The third-order valence-electron chi connectivity index (χ3n) is 2.80. The number of nitrogens with two attached hydrogens (primary N) is 1. The number of aryl methyl sites for hydroxylation is 1. The molecule has 0 aliphatic rings. The summed E-state index contributed by atoms with van der Waals surface area (Å²) in [5.41, 5.74) is 4.45. The molecule has 1 aromatic heterocycles. The van der Waals surface area contributed by atoms with E-state index in [1.165, 1.54) is 12.1 Å². The third-order valence-corrected chi connectivity index (χ3v) is 2.80. The van der Waals surface area contributed by atoms with Crippen LogP contribution in [0.5, 0.6) is 0 Å². The van der Waals surface area contributed by atoms with Crippen molar-refractivity contribution in [3.05, 3.63) is 57.6 Å². The second-order valence-electron chi connectivity index (χ2n) is 4.30. The normalized spacial score (nSPS) is 10.1. The molecule has 0 radical (unpaired) electrons. The Kier molecular flexibility index (Phi) is 4.11. The lowest BCUT2D eigenvalue weighted by atomic mass is 10.1. The molecule has 104 valence electrons. The number of benzene rings is 1. The molecule has 0 amide bonds. The summed E-state index contributed by atoms with van der Waals surface area (Å²) >= 11 is 0. The molecule has 7 heteroatoms. The van der Waals surface area contributed by atoms with Crippen LogP contribution in [0.4, 0.5) is 17.3 Å². The number of hydrazine groups is 1. The van der Waals surface area contributed by atoms with Crippen LogP contribution >= 0.6 is 0 Å². The van der Waals surface area contributed by atoms with E-state index in [2.05, 4.69) is 15.7 Å². The van der Waals surface area contributed by atoms with Crippen molar-refractivity contribution in [1.82, 2.24) is 4.98 Å². The van der Waals surface area contributed by atoms with E-state index < -0.39 is 4.92 Å². The Morgan fingerprint density at radius 3 is 2.55 bits per heavy atom. The Morgan fingerprint density at radius 1 is 1.25 bits per heavy atom. The minimum absolute atomic E-state index is 0.0869. The summed E-state index contributed by atoms with van der Waals surface area (Å²) in [5, 5.41) is 13.9. The molecular formula is C13H15N5O2. The van der Waals surface area contributed by atoms with Crippen LogP contribution in [0, 0.1) is 17.0 Å². The largest absolute Gasteiger partial charge is 0.360 e. The minimum Gasteiger partial charge on any atom is -0.360 e. The van der Waals surface area contributed by atoms with Crippen LogP contribution in [0.25, 0.3) is 0 Å². The van der Waals surface area contributed by atoms with E-state index in [0.29, 0.717) is 12.4 Å². The van der Waals surface area contributed by atoms with E-state index in [0.717, 1.165) is 11.1 Å². The van der Waals surface area contributed by atoms with Gasteiger partial charge in [-0.1, -0.05) is 29.8 Å². The molecule has 2 aromatic rings. The van der Waals surface area contributed by atoms with Crippen LogP contribution in [-0.4, -0.2) is 9.91 Å². The van der Waals surface area contributed by atoms with E-state index >= 15 is 0 Å². The van der Waals surface area contributed by atoms with Gasteiger partial charge in [0.2, 0.25) is 5.82 Å². The zero-order valence-electron chi connectivity index (χ0n) is 11.0. The number of nitrogen functional groups attached to an aromatic ring is 1. The van der Waals surface area contributed by atoms with Crippen molar-refractivity contribution in [3.8, 4) is 0 Å². The number of anilines is 2. The minimum atomic E-state index is -0.481. The van der Waals surface area contributed by atoms with Gasteiger partial charge < -0.3 is 10.7 Å². The van der Waals surface area contributed by atoms with Crippen molar-refractivity contribution in [1.29, 1.82) is 0 Å². The van der Waals surface area contributed by atoms with Gasteiger partial charge in [0.05, 0.1) is 4.92 Å². The van der Waals surface area contributed by atoms with Crippen LogP contribution < -0.4 is 16.6 Å². The zero-order valence-corrected chi connectivity index (χ0v) is 11.0. The topological polar surface area (TPSA) is 106 Å². The molecular weight excluding hydrogens is 258 g/mol. The number of nitrogens with one attached hydrogen (secondary N) is 2. The van der Waals surface area contributed by atoms with E-state index in [9.17, 15) is 10.1 Å². The van der Waals surface area contributed by atoms with E-state index in [1.807, 2.05) is 31.2 Å². The summed E-state index contributed by atoms with van der Waals surface area (Å²) in [4.78, 5) is 14.5. The Morgan fingerprint density at radius 2 is 1.95 bits per heavy atom. The molecule has 1 heterocycles. The van der Waals surface area contributed by atoms with Gasteiger partial charge in [-0.05, 0) is 18.6 Å². The molecule has 0 saturated carbocycles. The highest BCUT2D eigenvalue weighted by Crippen LogP contribution is 2.24. The van der Waals surface area contributed by atoms with Gasteiger partial charge in [0.1, 0.15) is 5.82 Å². The van der Waals surface area contributed by atoms with Crippen LogP contribution in [0.15, 0.2) is 36.4 Å². The number of rotatable bonds is 5. The highest BCUT2D eigenvalue weighted by molar-refractivity contribution is 5.60. The predicted octanol–water partition coefficient (Wildman–Crippen LogP) is 2.20. The number of nitrogens with zero attached hydrogens (tertiary/aromatic N) is 2. The molecule has 1 aromatic carbocycles. The third kappa shape index (κ3) is 3.21. The van der Waals surface area contributed by atoms with Gasteiger partial charge in [0.15, 0.2) is 0 Å². The maximum atomic E-state index is 11.0. The van der Waals surface area contributed by atoms with Crippen molar-refractivity contribution in [3.63, 3.8) is 0 Å². The number of hydrogen-bond donors (Lipinski definition) is 3. The van der Waals surface area contributed by atoms with Crippen LogP contribution in [0.3, 0.4) is 0 Å². The molecule has 0 bridgehead atoms. The lowest BCUT2D eigenvalue weighted by Gasteiger charge is -2.08. The van der Waals surface area contributed by atoms with Crippen LogP contribution in [-0.2, 0) is 6.54 Å². The number of nitro groups is 1. The van der Waals surface area contributed by atoms with Gasteiger partial charge in [0.25, 0.3) is 0 Å². The Hall–Kier alpha value is -2.67. The molecule has 0 fully saturated rings. The summed E-state index contributed by atoms with van der Waals surface area (Å²) in [6, 6.07) is 10.7. The first-order valence-corrected chi connectivity index (χ1v) is 6.01. The first-order chi connectivity index (χ1) is 9.60. The maximum absolute atomic E-state index is 11.0. The fourth-order valence-electron chi connectivity index (χ4n) is 1.70. The monoisotopic (exact) mass is 273 g/mol. The zero-order chi connectivity index (χ0) is 14.5. The van der Waals surface area contributed by atoms with Gasteiger partial charge in [-0.25, -0.2) is 10.8 Å². The lowest BCUT2D eigenvalue weighted by molar-refractivity contribution is -0.384. The highest BCUT2D eigenvalue weighted by atomic mass is 16.6. The summed E-state index contributed by atoms with van der Waals surface area (Å²) in [5.74, 6) is 5.81. The molecule has 2 rings (SSSR count). The van der Waals surface area contributed by atoms with E-state index in [-0.39, 0.29) is 11.5 Å². The van der Waals surface area contributed by atoms with E-state index in [1.54, 1.807) is 0 Å². The van der Waals surface area contributed by atoms with Crippen molar-refractivity contribution in [2.45, 2.75) is 13.5 Å². The molecule has 0 aliphatic carbocycles. The summed E-state index contributed by atoms with van der Waals surface area (Å²) in [6.45, 7) is 2.45. The van der Waals surface area contributed by atoms with Gasteiger partial charge in [-0.15, -0.1) is 0 Å².